The van der Waals surface area contributed by atoms with Gasteiger partial charge in [0.25, 0.3) is 0 Å². The van der Waals surface area contributed by atoms with Gasteiger partial charge in [0.1, 0.15) is 13.2 Å². The minimum Gasteiger partial charge on any atom is -0.462 e. The molecule has 0 aliphatic rings. The maximum atomic E-state index is 12.8. The molecule has 61 heavy (non-hydrogen) atoms. The highest BCUT2D eigenvalue weighted by Gasteiger charge is 2.19. The Morgan fingerprint density at radius 2 is 0.541 bits per heavy atom. The Hall–Kier alpha value is -1.85. The molecule has 6 nitrogen and oxygen atoms in total. The van der Waals surface area contributed by atoms with Crippen molar-refractivity contribution in [3.63, 3.8) is 0 Å². The molecule has 0 aliphatic heterocycles. The van der Waals surface area contributed by atoms with Crippen LogP contribution < -0.4 is 0 Å². The third-order valence-electron chi connectivity index (χ3n) is 12.3. The molecule has 0 radical (unpaired) electrons. The van der Waals surface area contributed by atoms with Gasteiger partial charge in [0.2, 0.25) is 0 Å². The molecule has 0 N–H and O–H groups in total. The highest BCUT2D eigenvalue weighted by molar-refractivity contribution is 5.71. The molecule has 0 rings (SSSR count). The third kappa shape index (κ3) is 49.0. The molecule has 0 aromatic carbocycles. The second-order valence-corrected chi connectivity index (χ2v) is 18.5. The number of carbonyl (C=O) groups excluding carboxylic acids is 3. The lowest BCUT2D eigenvalue weighted by molar-refractivity contribution is -0.167. The van der Waals surface area contributed by atoms with Crippen molar-refractivity contribution in [1.29, 1.82) is 0 Å². The van der Waals surface area contributed by atoms with Gasteiger partial charge in [-0.2, -0.15) is 0 Å². The van der Waals surface area contributed by atoms with Gasteiger partial charge in [-0.25, -0.2) is 0 Å². The lowest BCUT2D eigenvalue weighted by Gasteiger charge is -2.18. The van der Waals surface area contributed by atoms with Gasteiger partial charge in [0, 0.05) is 19.3 Å². The van der Waals surface area contributed by atoms with Gasteiger partial charge >= 0.3 is 17.9 Å². The number of esters is 3. The maximum absolute atomic E-state index is 12.8. The van der Waals surface area contributed by atoms with Crippen LogP contribution >= 0.6 is 0 Å². The highest BCUT2D eigenvalue weighted by Crippen LogP contribution is 2.16. The molecular formula is C55H104O6. The summed E-state index contributed by atoms with van der Waals surface area (Å²) in [5.41, 5.74) is 0. The van der Waals surface area contributed by atoms with E-state index in [-0.39, 0.29) is 31.1 Å². The molecule has 360 valence electrons. The van der Waals surface area contributed by atoms with E-state index in [9.17, 15) is 14.4 Å². The quantitative estimate of drug-likeness (QED) is 0.0262. The van der Waals surface area contributed by atoms with Gasteiger partial charge in [0.15, 0.2) is 6.10 Å². The lowest BCUT2D eigenvalue weighted by Crippen LogP contribution is -2.30. The van der Waals surface area contributed by atoms with Crippen molar-refractivity contribution in [2.75, 3.05) is 13.2 Å². The van der Waals surface area contributed by atoms with E-state index in [2.05, 4.69) is 32.9 Å². The summed E-state index contributed by atoms with van der Waals surface area (Å²) >= 11 is 0. The fraction of sp³-hybridized carbons (Fsp3) is 0.909. The fourth-order valence-corrected chi connectivity index (χ4v) is 8.14. The molecular weight excluding hydrogens is 757 g/mol. The molecule has 6 heteroatoms. The Kier molecular flexibility index (Phi) is 49.3. The average molecular weight is 861 g/mol. The van der Waals surface area contributed by atoms with Crippen LogP contribution in [0.5, 0.6) is 0 Å². The van der Waals surface area contributed by atoms with Crippen LogP contribution in [0.2, 0.25) is 0 Å². The molecule has 0 heterocycles. The standard InChI is InChI=1S/C55H104O6/c1-4-7-10-13-16-19-21-23-24-25-26-27-28-29-30-32-33-36-39-42-45-48-54(57)60-51-52(50-59-53(56)47-44-41-38-35-18-15-12-9-6-3)61-55(58)49-46-43-40-37-34-31-22-20-17-14-11-8-5-2/h25-26,52H,4-24,27-51H2,1-3H3/b26-25-. The largest absolute Gasteiger partial charge is 0.462 e. The Morgan fingerprint density at radius 1 is 0.311 bits per heavy atom. The monoisotopic (exact) mass is 861 g/mol. The normalized spacial score (nSPS) is 12.0. The van der Waals surface area contributed by atoms with Crippen molar-refractivity contribution >= 4 is 17.9 Å². The van der Waals surface area contributed by atoms with E-state index in [4.69, 9.17) is 14.2 Å². The van der Waals surface area contributed by atoms with E-state index in [1.54, 1.807) is 0 Å². The Bertz CT molecular complexity index is 947. The van der Waals surface area contributed by atoms with Crippen LogP contribution in [0.3, 0.4) is 0 Å². The van der Waals surface area contributed by atoms with E-state index >= 15 is 0 Å². The van der Waals surface area contributed by atoms with Crippen LogP contribution in [0.1, 0.15) is 303 Å². The summed E-state index contributed by atoms with van der Waals surface area (Å²) in [6.45, 7) is 6.65. The Balaban J connectivity index is 4.20. The zero-order valence-electron chi connectivity index (χ0n) is 41.2. The first-order valence-electron chi connectivity index (χ1n) is 27.2. The van der Waals surface area contributed by atoms with Crippen LogP contribution in [0.4, 0.5) is 0 Å². The summed E-state index contributed by atoms with van der Waals surface area (Å²) in [4.78, 5) is 37.9. The molecule has 0 aliphatic carbocycles. The summed E-state index contributed by atoms with van der Waals surface area (Å²) in [7, 11) is 0. The number of hydrogen-bond acceptors (Lipinski definition) is 6. The molecule has 0 bridgehead atoms. The molecule has 0 aromatic heterocycles. The van der Waals surface area contributed by atoms with E-state index in [1.165, 1.54) is 205 Å². The first kappa shape index (κ1) is 59.1. The molecule has 1 unspecified atom stereocenters. The molecule has 0 amide bonds. The molecule has 0 saturated heterocycles. The zero-order valence-corrected chi connectivity index (χ0v) is 41.2. The fourth-order valence-electron chi connectivity index (χ4n) is 8.14. The molecule has 0 aromatic rings. The minimum absolute atomic E-state index is 0.0655. The third-order valence-corrected chi connectivity index (χ3v) is 12.3. The van der Waals surface area contributed by atoms with Gasteiger partial charge in [-0.1, -0.05) is 251 Å². The number of allylic oxidation sites excluding steroid dienone is 2. The summed E-state index contributed by atoms with van der Waals surface area (Å²) in [5.74, 6) is -0.853. The summed E-state index contributed by atoms with van der Waals surface area (Å²) in [6, 6.07) is 0. The average Bonchev–Trinajstić information content (AvgIpc) is 3.26. The highest BCUT2D eigenvalue weighted by atomic mass is 16.6. The van der Waals surface area contributed by atoms with Gasteiger partial charge in [-0.05, 0) is 44.9 Å². The summed E-state index contributed by atoms with van der Waals surface area (Å²) < 4.78 is 16.8. The van der Waals surface area contributed by atoms with Crippen molar-refractivity contribution in [2.45, 2.75) is 309 Å². The van der Waals surface area contributed by atoms with Crippen LogP contribution in [0, 0.1) is 0 Å². The van der Waals surface area contributed by atoms with Crippen LogP contribution in [0.15, 0.2) is 12.2 Å². The first-order chi connectivity index (χ1) is 30.0. The number of hydrogen-bond donors (Lipinski definition) is 0. The summed E-state index contributed by atoms with van der Waals surface area (Å²) in [6.07, 6.45) is 56.3. The second-order valence-electron chi connectivity index (χ2n) is 18.5. The van der Waals surface area contributed by atoms with Gasteiger partial charge < -0.3 is 14.2 Å². The van der Waals surface area contributed by atoms with Crippen molar-refractivity contribution in [3.05, 3.63) is 12.2 Å². The van der Waals surface area contributed by atoms with Crippen LogP contribution in [0.25, 0.3) is 0 Å². The van der Waals surface area contributed by atoms with Crippen molar-refractivity contribution in [3.8, 4) is 0 Å². The molecule has 0 spiro atoms. The Morgan fingerprint density at radius 3 is 0.820 bits per heavy atom. The number of ether oxygens (including phenoxy) is 3. The molecule has 1 atom stereocenters. The minimum atomic E-state index is -0.763. The van der Waals surface area contributed by atoms with E-state index in [1.807, 2.05) is 0 Å². The first-order valence-corrected chi connectivity index (χ1v) is 27.2. The van der Waals surface area contributed by atoms with Gasteiger partial charge in [-0.3, -0.25) is 14.4 Å². The van der Waals surface area contributed by atoms with E-state index in [0.29, 0.717) is 19.3 Å². The molecule has 0 fully saturated rings. The van der Waals surface area contributed by atoms with Crippen molar-refractivity contribution in [1.82, 2.24) is 0 Å². The van der Waals surface area contributed by atoms with Crippen LogP contribution in [-0.2, 0) is 28.6 Å². The van der Waals surface area contributed by atoms with E-state index in [0.717, 1.165) is 57.8 Å². The molecule has 0 saturated carbocycles. The topological polar surface area (TPSA) is 78.9 Å². The van der Waals surface area contributed by atoms with Gasteiger partial charge in [-0.15, -0.1) is 0 Å². The Labute approximate surface area is 380 Å². The SMILES string of the molecule is CCCCCCCCCC/C=C\CCCCCCCCCCCC(=O)OCC(COC(=O)CCCCCCCCCCC)OC(=O)CCCCCCCCCCCCCCC. The summed E-state index contributed by atoms with van der Waals surface area (Å²) in [5, 5.41) is 0. The smallest absolute Gasteiger partial charge is 0.306 e. The van der Waals surface area contributed by atoms with Crippen molar-refractivity contribution < 1.29 is 28.6 Å². The lowest BCUT2D eigenvalue weighted by atomic mass is 10.0. The second kappa shape index (κ2) is 50.8. The maximum Gasteiger partial charge on any atom is 0.306 e. The van der Waals surface area contributed by atoms with Gasteiger partial charge in [0.05, 0.1) is 0 Å². The predicted molar refractivity (Wildman–Crippen MR) is 261 cm³/mol. The van der Waals surface area contributed by atoms with Crippen LogP contribution in [-0.4, -0.2) is 37.2 Å². The number of carbonyl (C=O) groups is 3. The zero-order chi connectivity index (χ0) is 44.4. The predicted octanol–water partition coefficient (Wildman–Crippen LogP) is 17.8. The van der Waals surface area contributed by atoms with E-state index < -0.39 is 6.10 Å². The number of rotatable bonds is 50. The number of unbranched alkanes of at least 4 members (excludes halogenated alkanes) is 37. The van der Waals surface area contributed by atoms with Crippen molar-refractivity contribution in [2.24, 2.45) is 0 Å².